The van der Waals surface area contributed by atoms with Crippen molar-refractivity contribution in [3.8, 4) is 0 Å². The third kappa shape index (κ3) is 5.38. The van der Waals surface area contributed by atoms with Crippen molar-refractivity contribution in [2.75, 3.05) is 48.8 Å². The Morgan fingerprint density at radius 2 is 1.73 bits per heavy atom. The number of likely N-dealkylation sites (N-methyl/N-ethyl adjacent to an activating group) is 1. The molecule has 1 fully saturated rings. The van der Waals surface area contributed by atoms with Crippen LogP contribution in [0.15, 0.2) is 49.1 Å². The summed E-state index contributed by atoms with van der Waals surface area (Å²) in [7, 11) is 2.14. The van der Waals surface area contributed by atoms with Gasteiger partial charge >= 0.3 is 0 Å². The molecule has 4 heterocycles. The fourth-order valence-corrected chi connectivity index (χ4v) is 3.79. The van der Waals surface area contributed by atoms with Crippen LogP contribution in [0.2, 0.25) is 0 Å². The Balaban J connectivity index is 1.54. The van der Waals surface area contributed by atoms with Crippen LogP contribution in [0.1, 0.15) is 35.7 Å². The van der Waals surface area contributed by atoms with E-state index in [0.29, 0.717) is 22.9 Å². The van der Waals surface area contributed by atoms with Gasteiger partial charge in [0.2, 0.25) is 0 Å². The average Bonchev–Trinajstić information content (AvgIpc) is 2.80. The Morgan fingerprint density at radius 3 is 2.39 bits per heavy atom. The van der Waals surface area contributed by atoms with Crippen LogP contribution < -0.4 is 21.3 Å². The lowest BCUT2D eigenvalue weighted by Gasteiger charge is -2.33. The topological polar surface area (TPSA) is 112 Å². The molecule has 1 aliphatic rings. The highest BCUT2D eigenvalue weighted by Gasteiger charge is 2.16. The third-order valence-electron chi connectivity index (χ3n) is 5.79. The molecule has 3 aromatic heterocycles. The zero-order valence-electron chi connectivity index (χ0n) is 19.2. The van der Waals surface area contributed by atoms with E-state index in [9.17, 15) is 4.79 Å². The maximum atomic E-state index is 12.0. The summed E-state index contributed by atoms with van der Waals surface area (Å²) in [6.07, 6.45) is 6.88. The second-order valence-electron chi connectivity index (χ2n) is 8.54. The Morgan fingerprint density at radius 1 is 0.970 bits per heavy atom. The number of nitrogens with zero attached hydrogens (tertiary/aromatic N) is 5. The van der Waals surface area contributed by atoms with Crippen molar-refractivity contribution in [2.45, 2.75) is 19.8 Å². The highest BCUT2D eigenvalue weighted by molar-refractivity contribution is 5.99. The molecule has 33 heavy (non-hydrogen) atoms. The number of carbonyl (C=O) groups excluding carboxylic acids is 1. The molecule has 0 aliphatic carbocycles. The van der Waals surface area contributed by atoms with E-state index >= 15 is 0 Å². The summed E-state index contributed by atoms with van der Waals surface area (Å²) in [6.45, 7) is 8.25. The lowest BCUT2D eigenvalue weighted by atomic mass is 10.0. The first-order valence-electron chi connectivity index (χ1n) is 11.1. The number of amides is 1. The van der Waals surface area contributed by atoms with Crippen molar-refractivity contribution in [2.24, 2.45) is 5.73 Å². The minimum absolute atomic E-state index is 0.265. The van der Waals surface area contributed by atoms with Crippen molar-refractivity contribution in [3.05, 3.63) is 60.2 Å². The number of hydrogen-bond donors (Lipinski definition) is 3. The highest BCUT2D eigenvalue weighted by atomic mass is 16.1. The standard InChI is InChI=1S/C24H30N8O/c1-16(2)18-14-26-7-6-20(18)29-21-12-23(28-15-19(21)24(25)33)30-22-5-4-17(13-27-22)32-10-8-31(3)9-11-32/h4-7,12-16H,8-11H2,1-3H3,(H2,25,33)(H2,26,27,28,29,30). The summed E-state index contributed by atoms with van der Waals surface area (Å²) in [6, 6.07) is 7.64. The predicted octanol–water partition coefficient (Wildman–Crippen LogP) is 3.33. The molecule has 0 saturated carbocycles. The van der Waals surface area contributed by atoms with Crippen molar-refractivity contribution < 1.29 is 4.79 Å². The normalized spacial score (nSPS) is 14.4. The third-order valence-corrected chi connectivity index (χ3v) is 5.79. The van der Waals surface area contributed by atoms with Crippen LogP contribution in [0.5, 0.6) is 0 Å². The molecular formula is C24H30N8O. The van der Waals surface area contributed by atoms with E-state index in [1.807, 2.05) is 24.5 Å². The first-order chi connectivity index (χ1) is 15.9. The molecule has 0 bridgehead atoms. The van der Waals surface area contributed by atoms with E-state index in [1.54, 1.807) is 12.3 Å². The molecule has 4 N–H and O–H groups in total. The number of anilines is 5. The number of rotatable bonds is 7. The SMILES string of the molecule is CC(C)c1cnccc1Nc1cc(Nc2ccc(N3CCN(C)CC3)cn2)ncc1C(N)=O. The van der Waals surface area contributed by atoms with E-state index in [-0.39, 0.29) is 5.92 Å². The van der Waals surface area contributed by atoms with Gasteiger partial charge in [-0.1, -0.05) is 13.8 Å². The molecule has 9 nitrogen and oxygen atoms in total. The van der Waals surface area contributed by atoms with Crippen LogP contribution in [-0.2, 0) is 0 Å². The van der Waals surface area contributed by atoms with E-state index in [1.165, 1.54) is 6.20 Å². The molecular weight excluding hydrogens is 416 g/mol. The Labute approximate surface area is 194 Å². The van der Waals surface area contributed by atoms with Crippen molar-refractivity contribution in [1.82, 2.24) is 19.9 Å². The van der Waals surface area contributed by atoms with Crippen LogP contribution in [0.25, 0.3) is 0 Å². The van der Waals surface area contributed by atoms with Crippen LogP contribution in [0.3, 0.4) is 0 Å². The van der Waals surface area contributed by atoms with Gasteiger partial charge < -0.3 is 26.2 Å². The van der Waals surface area contributed by atoms with E-state index in [0.717, 1.165) is 43.1 Å². The van der Waals surface area contributed by atoms with Gasteiger partial charge in [0, 0.05) is 56.5 Å². The van der Waals surface area contributed by atoms with Crippen molar-refractivity contribution in [3.63, 3.8) is 0 Å². The fourth-order valence-electron chi connectivity index (χ4n) is 3.79. The molecule has 0 radical (unpaired) electrons. The molecule has 4 rings (SSSR count). The van der Waals surface area contributed by atoms with Gasteiger partial charge in [-0.2, -0.15) is 0 Å². The lowest BCUT2D eigenvalue weighted by molar-refractivity contribution is 0.100. The summed E-state index contributed by atoms with van der Waals surface area (Å²) in [4.78, 5) is 29.8. The largest absolute Gasteiger partial charge is 0.368 e. The minimum atomic E-state index is -0.550. The van der Waals surface area contributed by atoms with Gasteiger partial charge in [0.25, 0.3) is 5.91 Å². The van der Waals surface area contributed by atoms with Crippen LogP contribution in [0.4, 0.5) is 28.7 Å². The lowest BCUT2D eigenvalue weighted by Crippen LogP contribution is -2.44. The fraction of sp³-hybridized carbons (Fsp3) is 0.333. The molecule has 1 amide bonds. The first kappa shape index (κ1) is 22.5. The van der Waals surface area contributed by atoms with Gasteiger partial charge in [0.1, 0.15) is 11.6 Å². The number of aromatic nitrogens is 3. The Bertz CT molecular complexity index is 1110. The maximum absolute atomic E-state index is 12.0. The summed E-state index contributed by atoms with van der Waals surface area (Å²) in [5, 5.41) is 6.55. The average molecular weight is 447 g/mol. The molecule has 1 aliphatic heterocycles. The van der Waals surface area contributed by atoms with Gasteiger partial charge in [-0.15, -0.1) is 0 Å². The number of carbonyl (C=O) groups is 1. The number of piperazine rings is 1. The number of nitrogens with two attached hydrogens (primary N) is 1. The van der Waals surface area contributed by atoms with E-state index in [4.69, 9.17) is 5.73 Å². The monoisotopic (exact) mass is 446 g/mol. The molecule has 1 saturated heterocycles. The number of nitrogens with one attached hydrogen (secondary N) is 2. The molecule has 0 aromatic carbocycles. The number of primary amides is 1. The number of hydrogen-bond acceptors (Lipinski definition) is 8. The van der Waals surface area contributed by atoms with Crippen LogP contribution >= 0.6 is 0 Å². The van der Waals surface area contributed by atoms with E-state index < -0.39 is 5.91 Å². The van der Waals surface area contributed by atoms with Crippen molar-refractivity contribution in [1.29, 1.82) is 0 Å². The summed E-state index contributed by atoms with van der Waals surface area (Å²) in [5.41, 5.74) is 9.49. The van der Waals surface area contributed by atoms with Gasteiger partial charge in [-0.3, -0.25) is 9.78 Å². The highest BCUT2D eigenvalue weighted by Crippen LogP contribution is 2.29. The van der Waals surface area contributed by atoms with Gasteiger partial charge in [-0.25, -0.2) is 9.97 Å². The van der Waals surface area contributed by atoms with Gasteiger partial charge in [0.15, 0.2) is 0 Å². The second-order valence-corrected chi connectivity index (χ2v) is 8.54. The number of pyridine rings is 3. The van der Waals surface area contributed by atoms with E-state index in [2.05, 4.69) is 62.3 Å². The summed E-state index contributed by atoms with van der Waals surface area (Å²) < 4.78 is 0. The van der Waals surface area contributed by atoms with Crippen LogP contribution in [-0.4, -0.2) is 59.0 Å². The van der Waals surface area contributed by atoms with Crippen LogP contribution in [0, 0.1) is 0 Å². The molecule has 9 heteroatoms. The van der Waals surface area contributed by atoms with Gasteiger partial charge in [-0.05, 0) is 36.7 Å². The molecule has 0 spiro atoms. The Hall–Kier alpha value is -3.72. The zero-order chi connectivity index (χ0) is 23.4. The quantitative estimate of drug-likeness (QED) is 0.507. The maximum Gasteiger partial charge on any atom is 0.252 e. The van der Waals surface area contributed by atoms with Crippen molar-refractivity contribution >= 4 is 34.6 Å². The second kappa shape index (κ2) is 9.83. The summed E-state index contributed by atoms with van der Waals surface area (Å²) >= 11 is 0. The smallest absolute Gasteiger partial charge is 0.252 e. The Kier molecular flexibility index (Phi) is 6.69. The molecule has 3 aromatic rings. The first-order valence-corrected chi connectivity index (χ1v) is 11.1. The molecule has 0 unspecified atom stereocenters. The summed E-state index contributed by atoms with van der Waals surface area (Å²) in [5.74, 6) is 0.944. The molecule has 0 atom stereocenters. The molecule has 172 valence electrons. The zero-order valence-corrected chi connectivity index (χ0v) is 19.2. The predicted molar refractivity (Wildman–Crippen MR) is 132 cm³/mol. The minimum Gasteiger partial charge on any atom is -0.368 e. The van der Waals surface area contributed by atoms with Gasteiger partial charge in [0.05, 0.1) is 23.1 Å².